The highest BCUT2D eigenvalue weighted by Crippen LogP contribution is 2.38. The van der Waals surface area contributed by atoms with Crippen LogP contribution >= 0.6 is 0 Å². The van der Waals surface area contributed by atoms with E-state index in [0.29, 0.717) is 5.92 Å². The summed E-state index contributed by atoms with van der Waals surface area (Å²) >= 11 is 0. The van der Waals surface area contributed by atoms with Crippen molar-refractivity contribution < 1.29 is 31.1 Å². The first kappa shape index (κ1) is 22.0. The minimum absolute atomic E-state index is 0.106. The summed E-state index contributed by atoms with van der Waals surface area (Å²) in [6.45, 7) is 5.20. The fraction of sp³-hybridized carbons (Fsp3) is 0.684. The first-order valence-corrected chi connectivity index (χ1v) is 9.16. The van der Waals surface area contributed by atoms with Crippen LogP contribution in [0.1, 0.15) is 62.3 Å². The molecule has 0 bridgehead atoms. The van der Waals surface area contributed by atoms with E-state index < -0.39 is 29.6 Å². The number of nitrogens with one attached hydrogen (secondary N) is 1. The van der Waals surface area contributed by atoms with E-state index in [-0.39, 0.29) is 17.7 Å². The quantitative estimate of drug-likeness (QED) is 0.597. The summed E-state index contributed by atoms with van der Waals surface area (Å²) in [4.78, 5) is 0. The first-order chi connectivity index (χ1) is 12.5. The van der Waals surface area contributed by atoms with Gasteiger partial charge in [-0.15, -0.1) is 0 Å². The summed E-state index contributed by atoms with van der Waals surface area (Å²) in [5, 5.41) is 3.27. The summed E-state index contributed by atoms with van der Waals surface area (Å²) < 4.78 is 83.9. The van der Waals surface area contributed by atoms with Crippen molar-refractivity contribution in [2.24, 2.45) is 5.92 Å². The lowest BCUT2D eigenvalue weighted by molar-refractivity contribution is -0.143. The van der Waals surface area contributed by atoms with Crippen LogP contribution in [0, 0.1) is 5.92 Å². The van der Waals surface area contributed by atoms with Gasteiger partial charge in [-0.1, -0.05) is 13.3 Å². The molecule has 1 N–H and O–H groups in total. The lowest BCUT2D eigenvalue weighted by atomic mass is 9.87. The molecule has 0 aliphatic heterocycles. The molecule has 1 fully saturated rings. The van der Waals surface area contributed by atoms with Crippen molar-refractivity contribution in [1.29, 1.82) is 0 Å². The summed E-state index contributed by atoms with van der Waals surface area (Å²) in [7, 11) is 0. The third kappa shape index (κ3) is 6.38. The van der Waals surface area contributed by atoms with Gasteiger partial charge in [-0.3, -0.25) is 0 Å². The van der Waals surface area contributed by atoms with E-state index in [4.69, 9.17) is 4.74 Å². The fourth-order valence-electron chi connectivity index (χ4n) is 3.48. The Morgan fingerprint density at radius 2 is 1.63 bits per heavy atom. The van der Waals surface area contributed by atoms with Crippen molar-refractivity contribution in [2.75, 3.05) is 13.1 Å². The second-order valence-corrected chi connectivity index (χ2v) is 7.08. The molecule has 0 spiro atoms. The van der Waals surface area contributed by atoms with Crippen molar-refractivity contribution in [2.45, 2.75) is 64.1 Å². The highest BCUT2D eigenvalue weighted by atomic mass is 19.4. The molecule has 27 heavy (non-hydrogen) atoms. The molecule has 0 saturated heterocycles. The molecule has 154 valence electrons. The number of ether oxygens (including phenoxy) is 1. The van der Waals surface area contributed by atoms with Crippen LogP contribution in [0.5, 0.6) is 0 Å². The Morgan fingerprint density at radius 1 is 1.04 bits per heavy atom. The Bertz CT molecular complexity index is 581. The molecule has 1 unspecified atom stereocenters. The third-order valence-electron chi connectivity index (χ3n) is 4.89. The van der Waals surface area contributed by atoms with E-state index in [2.05, 4.69) is 5.32 Å². The monoisotopic (exact) mass is 397 g/mol. The van der Waals surface area contributed by atoms with Gasteiger partial charge in [0.2, 0.25) is 0 Å². The van der Waals surface area contributed by atoms with Gasteiger partial charge in [0.15, 0.2) is 0 Å². The predicted molar refractivity (Wildman–Crippen MR) is 90.2 cm³/mol. The van der Waals surface area contributed by atoms with Crippen LogP contribution in [0.25, 0.3) is 0 Å². The Balaban J connectivity index is 2.16. The fourth-order valence-corrected chi connectivity index (χ4v) is 3.48. The molecule has 1 aliphatic carbocycles. The van der Waals surface area contributed by atoms with Crippen molar-refractivity contribution in [1.82, 2.24) is 5.32 Å². The minimum Gasteiger partial charge on any atom is -0.371 e. The van der Waals surface area contributed by atoms with Crippen LogP contribution in [0.15, 0.2) is 18.2 Å². The average Bonchev–Trinajstić information content (AvgIpc) is 2.58. The van der Waals surface area contributed by atoms with Crippen molar-refractivity contribution in [3.05, 3.63) is 34.9 Å². The standard InChI is InChI=1S/C19H25F6NO/c1-3-26-11-13-5-4-6-17(7-13)27-12(2)14-8-15(18(20,21)22)10-16(9-14)19(23,24)25/h8-10,12-13,17,26H,3-7,11H2,1-2H3/t12?,13-,17+/m0/s1. The van der Waals surface area contributed by atoms with E-state index >= 15 is 0 Å². The molecule has 1 aromatic rings. The highest BCUT2D eigenvalue weighted by Gasteiger charge is 2.37. The molecular formula is C19H25F6NO. The molecule has 2 nitrogen and oxygen atoms in total. The van der Waals surface area contributed by atoms with Crippen molar-refractivity contribution in [3.8, 4) is 0 Å². The molecule has 0 heterocycles. The first-order valence-electron chi connectivity index (χ1n) is 9.16. The number of hydrogen-bond donors (Lipinski definition) is 1. The minimum atomic E-state index is -4.85. The zero-order valence-corrected chi connectivity index (χ0v) is 15.4. The number of rotatable bonds is 6. The maximum atomic E-state index is 13.0. The summed E-state index contributed by atoms with van der Waals surface area (Å²) in [5.74, 6) is 0.406. The van der Waals surface area contributed by atoms with Crippen LogP contribution in [0.3, 0.4) is 0 Å². The molecule has 2 rings (SSSR count). The van der Waals surface area contributed by atoms with Gasteiger partial charge in [-0.05, 0) is 69.0 Å². The SMILES string of the molecule is CCNC[C@H]1CCC[C@@H](OC(C)c2cc(C(F)(F)F)cc(C(F)(F)F)c2)C1. The van der Waals surface area contributed by atoms with E-state index in [1.165, 1.54) is 6.92 Å². The van der Waals surface area contributed by atoms with Crippen molar-refractivity contribution in [3.63, 3.8) is 0 Å². The summed E-state index contributed by atoms with van der Waals surface area (Å²) in [6, 6.07) is 1.64. The van der Waals surface area contributed by atoms with Crippen LogP contribution in [0.2, 0.25) is 0 Å². The number of alkyl halides is 6. The van der Waals surface area contributed by atoms with E-state index in [9.17, 15) is 26.3 Å². The Hall–Kier alpha value is -1.28. The molecule has 0 aromatic heterocycles. The summed E-state index contributed by atoms with van der Waals surface area (Å²) in [6.07, 6.45) is -7.22. The number of halogens is 6. The van der Waals surface area contributed by atoms with Crippen molar-refractivity contribution >= 4 is 0 Å². The zero-order valence-electron chi connectivity index (χ0n) is 15.4. The molecule has 1 aromatic carbocycles. The Morgan fingerprint density at radius 3 is 2.15 bits per heavy atom. The lowest BCUT2D eigenvalue weighted by Crippen LogP contribution is -2.31. The highest BCUT2D eigenvalue weighted by molar-refractivity contribution is 5.34. The predicted octanol–water partition coefficient (Wildman–Crippen LogP) is 5.97. The maximum Gasteiger partial charge on any atom is 0.416 e. The molecule has 0 radical (unpaired) electrons. The van der Waals surface area contributed by atoms with Gasteiger partial charge in [0.1, 0.15) is 0 Å². The molecule has 1 saturated carbocycles. The molecule has 8 heteroatoms. The average molecular weight is 397 g/mol. The van der Waals surface area contributed by atoms with E-state index in [1.807, 2.05) is 6.92 Å². The van der Waals surface area contributed by atoms with Gasteiger partial charge in [-0.25, -0.2) is 0 Å². The van der Waals surface area contributed by atoms with Gasteiger partial charge < -0.3 is 10.1 Å². The largest absolute Gasteiger partial charge is 0.416 e. The van der Waals surface area contributed by atoms with E-state index in [1.54, 1.807) is 0 Å². The van der Waals surface area contributed by atoms with Gasteiger partial charge in [0.05, 0.1) is 23.3 Å². The lowest BCUT2D eigenvalue weighted by Gasteiger charge is -2.31. The van der Waals surface area contributed by atoms with Gasteiger partial charge in [-0.2, -0.15) is 26.3 Å². The van der Waals surface area contributed by atoms with Crippen LogP contribution < -0.4 is 5.32 Å². The van der Waals surface area contributed by atoms with Gasteiger partial charge in [0.25, 0.3) is 0 Å². The molecule has 1 aliphatic rings. The Labute approximate surface area is 155 Å². The number of benzene rings is 1. The van der Waals surface area contributed by atoms with E-state index in [0.717, 1.165) is 50.9 Å². The zero-order chi connectivity index (χ0) is 20.2. The van der Waals surface area contributed by atoms with Crippen LogP contribution in [0.4, 0.5) is 26.3 Å². The number of hydrogen-bond acceptors (Lipinski definition) is 2. The smallest absolute Gasteiger partial charge is 0.371 e. The molecule has 3 atom stereocenters. The summed E-state index contributed by atoms with van der Waals surface area (Å²) in [5.41, 5.74) is -2.72. The Kier molecular flexibility index (Phi) is 7.19. The normalized spacial score (nSPS) is 22.7. The van der Waals surface area contributed by atoms with Gasteiger partial charge >= 0.3 is 12.4 Å². The van der Waals surface area contributed by atoms with Gasteiger partial charge in [0, 0.05) is 0 Å². The topological polar surface area (TPSA) is 21.3 Å². The molecule has 0 amide bonds. The molecular weight excluding hydrogens is 372 g/mol. The van der Waals surface area contributed by atoms with Crippen LogP contribution in [-0.2, 0) is 17.1 Å². The van der Waals surface area contributed by atoms with Crippen LogP contribution in [-0.4, -0.2) is 19.2 Å². The third-order valence-corrected chi connectivity index (χ3v) is 4.89. The second-order valence-electron chi connectivity index (χ2n) is 7.08. The maximum absolute atomic E-state index is 13.0. The second kappa shape index (κ2) is 8.82.